The van der Waals surface area contributed by atoms with Crippen LogP contribution in [0.25, 0.3) is 0 Å². The minimum Gasteiger partial charge on any atom is -0.457 e. The molecule has 0 saturated heterocycles. The summed E-state index contributed by atoms with van der Waals surface area (Å²) in [6, 6.07) is 23.8. The van der Waals surface area contributed by atoms with Gasteiger partial charge in [-0.3, -0.25) is 24.3 Å². The van der Waals surface area contributed by atoms with Crippen LogP contribution in [0.2, 0.25) is 0 Å². The summed E-state index contributed by atoms with van der Waals surface area (Å²) in [5.41, 5.74) is 2.97. The molecule has 1 saturated carbocycles. The Bertz CT molecular complexity index is 1580. The van der Waals surface area contributed by atoms with E-state index < -0.39 is 5.92 Å². The second kappa shape index (κ2) is 10.7. The molecule has 6 rings (SSSR count). The fourth-order valence-corrected chi connectivity index (χ4v) is 4.85. The number of ether oxygens (including phenoxy) is 1. The first kappa shape index (κ1) is 25.4. The highest BCUT2D eigenvalue weighted by Crippen LogP contribution is 2.35. The van der Waals surface area contributed by atoms with Gasteiger partial charge in [-0.2, -0.15) is 0 Å². The quantitative estimate of drug-likeness (QED) is 0.311. The van der Waals surface area contributed by atoms with E-state index in [9.17, 15) is 18.8 Å². The first-order valence-electron chi connectivity index (χ1n) is 13.2. The highest BCUT2D eigenvalue weighted by atomic mass is 19.1. The number of imide groups is 1. The van der Waals surface area contributed by atoms with Crippen LogP contribution in [0, 0.1) is 5.82 Å². The molecule has 1 atom stereocenters. The Morgan fingerprint density at radius 1 is 0.950 bits per heavy atom. The van der Waals surface area contributed by atoms with E-state index in [1.54, 1.807) is 60.7 Å². The summed E-state index contributed by atoms with van der Waals surface area (Å²) in [6.07, 6.45) is 3.99. The first-order valence-corrected chi connectivity index (χ1v) is 13.2. The fourth-order valence-electron chi connectivity index (χ4n) is 4.85. The molecule has 2 heterocycles. The van der Waals surface area contributed by atoms with E-state index in [1.807, 2.05) is 12.1 Å². The van der Waals surface area contributed by atoms with Crippen LogP contribution in [0.15, 0.2) is 91.1 Å². The Morgan fingerprint density at radius 3 is 2.45 bits per heavy atom. The van der Waals surface area contributed by atoms with E-state index in [-0.39, 0.29) is 36.1 Å². The molecule has 0 radical (unpaired) electrons. The number of nitrogens with zero attached hydrogens (tertiary/aromatic N) is 2. The number of carbonyl (C=O) groups is 3. The zero-order chi connectivity index (χ0) is 27.6. The number of fused-ring (bicyclic) bond motifs is 1. The molecule has 2 aliphatic rings. The maximum absolute atomic E-state index is 13.6. The van der Waals surface area contributed by atoms with Crippen molar-refractivity contribution in [3.05, 3.63) is 125 Å². The van der Waals surface area contributed by atoms with Crippen LogP contribution in [0.3, 0.4) is 0 Å². The maximum atomic E-state index is 13.6. The van der Waals surface area contributed by atoms with Crippen LogP contribution in [0.5, 0.6) is 11.5 Å². The number of rotatable bonds is 8. The van der Waals surface area contributed by atoms with Gasteiger partial charge < -0.3 is 10.1 Å². The number of hydrogen-bond acceptors (Lipinski definition) is 5. The summed E-state index contributed by atoms with van der Waals surface area (Å²) in [5.74, 6) is -0.856. The van der Waals surface area contributed by atoms with Gasteiger partial charge in [0.15, 0.2) is 0 Å². The second-order valence-corrected chi connectivity index (χ2v) is 9.99. The molecule has 0 spiro atoms. The van der Waals surface area contributed by atoms with Crippen molar-refractivity contribution in [2.45, 2.75) is 31.2 Å². The highest BCUT2D eigenvalue weighted by molar-refractivity contribution is 6.12. The van der Waals surface area contributed by atoms with E-state index in [0.29, 0.717) is 40.3 Å². The molecule has 200 valence electrons. The number of halogens is 1. The summed E-state index contributed by atoms with van der Waals surface area (Å²) < 4.78 is 19.5. The molecule has 3 amide bonds. The predicted molar refractivity (Wildman–Crippen MR) is 146 cm³/mol. The van der Waals surface area contributed by atoms with Gasteiger partial charge in [-0.25, -0.2) is 4.39 Å². The number of pyridine rings is 1. The van der Waals surface area contributed by atoms with Gasteiger partial charge in [0.2, 0.25) is 5.91 Å². The molecule has 1 unspecified atom stereocenters. The molecule has 1 N–H and O–H groups in total. The van der Waals surface area contributed by atoms with Crippen LogP contribution in [0.1, 0.15) is 56.3 Å². The predicted octanol–water partition coefficient (Wildman–Crippen LogP) is 5.26. The highest BCUT2D eigenvalue weighted by Gasteiger charge is 2.39. The summed E-state index contributed by atoms with van der Waals surface area (Å²) >= 11 is 0. The van der Waals surface area contributed by atoms with Crippen LogP contribution in [0.4, 0.5) is 4.39 Å². The minimum atomic E-state index is -0.679. The first-order chi connectivity index (χ1) is 19.5. The Labute approximate surface area is 230 Å². The average molecular weight is 536 g/mol. The van der Waals surface area contributed by atoms with Crippen LogP contribution in [-0.4, -0.2) is 40.2 Å². The van der Waals surface area contributed by atoms with Gasteiger partial charge in [0, 0.05) is 30.4 Å². The molecule has 7 nitrogen and oxygen atoms in total. The van der Waals surface area contributed by atoms with Crippen molar-refractivity contribution in [2.75, 3.05) is 6.54 Å². The van der Waals surface area contributed by atoms with Crippen molar-refractivity contribution in [1.29, 1.82) is 0 Å². The molecule has 1 aliphatic carbocycles. The molecule has 0 bridgehead atoms. The third-order valence-electron chi connectivity index (χ3n) is 7.12. The van der Waals surface area contributed by atoms with Crippen molar-refractivity contribution in [3.8, 4) is 11.5 Å². The molecular weight excluding hydrogens is 509 g/mol. The average Bonchev–Trinajstić information content (AvgIpc) is 3.79. The summed E-state index contributed by atoms with van der Waals surface area (Å²) in [5, 5.41) is 2.91. The lowest BCUT2D eigenvalue weighted by atomic mass is 9.83. The van der Waals surface area contributed by atoms with Crippen molar-refractivity contribution in [2.24, 2.45) is 0 Å². The van der Waals surface area contributed by atoms with Crippen molar-refractivity contribution in [1.82, 2.24) is 15.2 Å². The third-order valence-corrected chi connectivity index (χ3v) is 7.12. The lowest BCUT2D eigenvalue weighted by Gasteiger charge is -2.33. The normalized spacial score (nSPS) is 16.4. The second-order valence-electron chi connectivity index (χ2n) is 9.99. The van der Waals surface area contributed by atoms with E-state index >= 15 is 0 Å². The van der Waals surface area contributed by atoms with Gasteiger partial charge in [-0.15, -0.1) is 0 Å². The van der Waals surface area contributed by atoms with Gasteiger partial charge in [0.05, 0.1) is 5.92 Å². The molecule has 8 heteroatoms. The van der Waals surface area contributed by atoms with Gasteiger partial charge >= 0.3 is 0 Å². The molecule has 1 aliphatic heterocycles. The number of amides is 3. The van der Waals surface area contributed by atoms with E-state index in [2.05, 4.69) is 10.3 Å². The van der Waals surface area contributed by atoms with E-state index in [0.717, 1.165) is 18.4 Å². The Balaban J connectivity index is 1.14. The topological polar surface area (TPSA) is 88.6 Å². The zero-order valence-corrected chi connectivity index (χ0v) is 21.5. The lowest BCUT2D eigenvalue weighted by molar-refractivity contribution is -0.129. The van der Waals surface area contributed by atoms with Gasteiger partial charge in [0.1, 0.15) is 23.0 Å². The summed E-state index contributed by atoms with van der Waals surface area (Å²) in [4.78, 5) is 44.5. The van der Waals surface area contributed by atoms with Crippen molar-refractivity contribution >= 4 is 17.7 Å². The fraction of sp³-hybridized carbons (Fsp3) is 0.188. The van der Waals surface area contributed by atoms with Crippen molar-refractivity contribution < 1.29 is 23.5 Å². The molecule has 1 fully saturated rings. The Kier molecular flexibility index (Phi) is 6.82. The Morgan fingerprint density at radius 2 is 1.70 bits per heavy atom. The van der Waals surface area contributed by atoms with Crippen molar-refractivity contribution in [3.63, 3.8) is 0 Å². The van der Waals surface area contributed by atoms with Crippen LogP contribution in [-0.2, 0) is 11.2 Å². The smallest absolute Gasteiger partial charge is 0.270 e. The number of carbonyl (C=O) groups excluding carboxylic acids is 3. The minimum absolute atomic E-state index is 0.202. The molecular formula is C32H26FN3O4. The lowest BCUT2D eigenvalue weighted by Crippen LogP contribution is -2.46. The molecule has 1 aromatic heterocycles. The number of benzene rings is 3. The molecule has 4 aromatic rings. The van der Waals surface area contributed by atoms with Gasteiger partial charge in [-0.1, -0.05) is 42.5 Å². The largest absolute Gasteiger partial charge is 0.457 e. The summed E-state index contributed by atoms with van der Waals surface area (Å²) in [6.45, 7) is 0.202. The SMILES string of the molecule is O=C(NC1CC1)c1cc(Oc2ccc(CCN3C(=O)c4ccccc4C(c4ccc(F)cc4)C3=O)cc2)ccn1. The molecule has 40 heavy (non-hydrogen) atoms. The van der Waals surface area contributed by atoms with E-state index in [1.165, 1.54) is 23.2 Å². The Hall–Kier alpha value is -4.85. The van der Waals surface area contributed by atoms with Gasteiger partial charge in [0.25, 0.3) is 11.8 Å². The van der Waals surface area contributed by atoms with E-state index in [4.69, 9.17) is 4.74 Å². The van der Waals surface area contributed by atoms with Crippen LogP contribution >= 0.6 is 0 Å². The summed E-state index contributed by atoms with van der Waals surface area (Å²) in [7, 11) is 0. The zero-order valence-electron chi connectivity index (χ0n) is 21.5. The third kappa shape index (κ3) is 5.33. The maximum Gasteiger partial charge on any atom is 0.270 e. The monoisotopic (exact) mass is 535 g/mol. The van der Waals surface area contributed by atoms with Gasteiger partial charge in [-0.05, 0) is 72.4 Å². The van der Waals surface area contributed by atoms with Crippen LogP contribution < -0.4 is 10.1 Å². The standard InChI is InChI=1S/C32H26FN3O4/c33-22-9-7-21(8-10-22)29-26-3-1-2-4-27(26)31(38)36(32(29)39)18-16-20-5-13-24(14-6-20)40-25-15-17-34-28(19-25)30(37)35-23-11-12-23/h1-10,13-15,17,19,23,29H,11-12,16,18H2,(H,35,37). The number of hydrogen-bond donors (Lipinski definition) is 1. The molecule has 3 aromatic carbocycles. The number of aromatic nitrogens is 1. The number of nitrogens with one attached hydrogen (secondary N) is 1.